The Morgan fingerprint density at radius 3 is 2.38 bits per heavy atom. The highest BCUT2D eigenvalue weighted by Gasteiger charge is 2.09. The fourth-order valence-electron chi connectivity index (χ4n) is 2.92. The van der Waals surface area contributed by atoms with E-state index in [0.29, 0.717) is 13.0 Å². The van der Waals surface area contributed by atoms with Crippen LogP contribution in [0.2, 0.25) is 0 Å². The van der Waals surface area contributed by atoms with Gasteiger partial charge in [-0.1, -0.05) is 73.1 Å². The lowest BCUT2D eigenvalue weighted by molar-refractivity contribution is -0.129. The number of benzene rings is 2. The molecule has 1 heterocycles. The molecule has 0 bridgehead atoms. The van der Waals surface area contributed by atoms with Gasteiger partial charge in [-0.2, -0.15) is 0 Å². The summed E-state index contributed by atoms with van der Waals surface area (Å²) in [6.07, 6.45) is 5.21. The molecule has 1 amide bonds. The van der Waals surface area contributed by atoms with Crippen LogP contribution in [0, 0.1) is 0 Å². The van der Waals surface area contributed by atoms with Crippen LogP contribution in [0.4, 0.5) is 0 Å². The van der Waals surface area contributed by atoms with E-state index in [2.05, 4.69) is 10.2 Å². The predicted octanol–water partition coefficient (Wildman–Crippen LogP) is 5.10. The zero-order valence-electron chi connectivity index (χ0n) is 16.2. The molecule has 6 nitrogen and oxygen atoms in total. The quantitative estimate of drug-likeness (QED) is 0.261. The van der Waals surface area contributed by atoms with Crippen molar-refractivity contribution in [3.63, 3.8) is 0 Å². The molecule has 3 rings (SSSR count). The molecule has 0 fully saturated rings. The zero-order valence-corrected chi connectivity index (χ0v) is 17.0. The highest BCUT2D eigenvalue weighted by atomic mass is 32.1. The summed E-state index contributed by atoms with van der Waals surface area (Å²) in [5.41, 5.74) is 3.73. The first-order chi connectivity index (χ1) is 14.3. The van der Waals surface area contributed by atoms with Crippen molar-refractivity contribution in [3.8, 4) is 26.9 Å². The minimum Gasteiger partial charge on any atom is -0.494 e. The number of nitrogens with one attached hydrogen (secondary N) is 1. The minimum atomic E-state index is -0.320. The van der Waals surface area contributed by atoms with Gasteiger partial charge in [0.1, 0.15) is 15.8 Å². The second kappa shape index (κ2) is 11.3. The lowest BCUT2D eigenvalue weighted by atomic mass is 10.1. The molecule has 2 N–H and O–H groups in total. The molecule has 1 aromatic heterocycles. The number of carbonyl (C=O) groups excluding carboxylic acids is 1. The maximum atomic E-state index is 10.9. The van der Waals surface area contributed by atoms with Crippen LogP contribution in [-0.4, -0.2) is 27.9 Å². The molecule has 2 aromatic carbocycles. The van der Waals surface area contributed by atoms with Gasteiger partial charge in [0.05, 0.1) is 6.61 Å². The van der Waals surface area contributed by atoms with Gasteiger partial charge in [0, 0.05) is 17.5 Å². The Bertz CT molecular complexity index is 899. The summed E-state index contributed by atoms with van der Waals surface area (Å²) in [5, 5.41) is 18.9. The number of carbonyl (C=O) groups is 1. The molecule has 152 valence electrons. The van der Waals surface area contributed by atoms with Crippen LogP contribution in [0.25, 0.3) is 21.1 Å². The van der Waals surface area contributed by atoms with Gasteiger partial charge in [-0.15, -0.1) is 10.2 Å². The summed E-state index contributed by atoms with van der Waals surface area (Å²) < 4.78 is 5.88. The van der Waals surface area contributed by atoms with Crippen molar-refractivity contribution in [2.24, 2.45) is 0 Å². The van der Waals surface area contributed by atoms with E-state index >= 15 is 0 Å². The maximum absolute atomic E-state index is 10.9. The Labute approximate surface area is 174 Å². The molecule has 0 radical (unpaired) electrons. The number of hydroxylamine groups is 1. The molecule has 0 aliphatic carbocycles. The first-order valence-corrected chi connectivity index (χ1v) is 10.6. The molecular formula is C22H25N3O3S. The Morgan fingerprint density at radius 1 is 0.897 bits per heavy atom. The smallest absolute Gasteiger partial charge is 0.243 e. The van der Waals surface area contributed by atoms with E-state index in [4.69, 9.17) is 9.94 Å². The number of unbranched alkanes of at least 4 members (excludes halogenated alkanes) is 4. The van der Waals surface area contributed by atoms with E-state index in [-0.39, 0.29) is 5.91 Å². The molecule has 0 saturated heterocycles. The zero-order chi connectivity index (χ0) is 20.3. The van der Waals surface area contributed by atoms with Crippen molar-refractivity contribution in [2.75, 3.05) is 6.61 Å². The third kappa shape index (κ3) is 6.66. The first-order valence-electron chi connectivity index (χ1n) is 9.81. The van der Waals surface area contributed by atoms with Crippen molar-refractivity contribution >= 4 is 17.2 Å². The Hall–Kier alpha value is -2.77. The van der Waals surface area contributed by atoms with Crippen molar-refractivity contribution in [1.29, 1.82) is 0 Å². The van der Waals surface area contributed by atoms with E-state index in [9.17, 15) is 4.79 Å². The van der Waals surface area contributed by atoms with Gasteiger partial charge in [0.15, 0.2) is 0 Å². The molecule has 0 atom stereocenters. The molecule has 0 aliphatic rings. The predicted molar refractivity (Wildman–Crippen MR) is 114 cm³/mol. The highest BCUT2D eigenvalue weighted by Crippen LogP contribution is 2.31. The van der Waals surface area contributed by atoms with Crippen molar-refractivity contribution in [2.45, 2.75) is 38.5 Å². The van der Waals surface area contributed by atoms with Crippen LogP contribution < -0.4 is 10.2 Å². The van der Waals surface area contributed by atoms with E-state index < -0.39 is 0 Å². The number of hydrogen-bond acceptors (Lipinski definition) is 6. The third-order valence-electron chi connectivity index (χ3n) is 4.47. The van der Waals surface area contributed by atoms with Gasteiger partial charge >= 0.3 is 0 Å². The fourth-order valence-corrected chi connectivity index (χ4v) is 3.77. The monoisotopic (exact) mass is 411 g/mol. The molecule has 0 saturated carbocycles. The van der Waals surface area contributed by atoms with Crippen LogP contribution in [-0.2, 0) is 4.79 Å². The second-order valence-electron chi connectivity index (χ2n) is 6.71. The summed E-state index contributed by atoms with van der Waals surface area (Å²) >= 11 is 1.57. The van der Waals surface area contributed by atoms with Crippen LogP contribution in [0.3, 0.4) is 0 Å². The molecule has 3 aromatic rings. The Balaban J connectivity index is 1.43. The highest BCUT2D eigenvalue weighted by molar-refractivity contribution is 7.17. The lowest BCUT2D eigenvalue weighted by Gasteiger charge is -2.07. The summed E-state index contributed by atoms with van der Waals surface area (Å²) in [6.45, 7) is 0.659. The van der Waals surface area contributed by atoms with Gasteiger partial charge < -0.3 is 4.74 Å². The normalized spacial score (nSPS) is 10.7. The number of nitrogens with zero attached hydrogens (tertiary/aromatic N) is 2. The van der Waals surface area contributed by atoms with Crippen LogP contribution >= 0.6 is 11.3 Å². The van der Waals surface area contributed by atoms with E-state index in [1.807, 2.05) is 54.6 Å². The van der Waals surface area contributed by atoms with Crippen molar-refractivity contribution in [1.82, 2.24) is 15.7 Å². The van der Waals surface area contributed by atoms with Crippen LogP contribution in [0.15, 0.2) is 54.6 Å². The minimum absolute atomic E-state index is 0.320. The molecule has 7 heteroatoms. The van der Waals surface area contributed by atoms with E-state index in [1.54, 1.807) is 16.8 Å². The number of ether oxygens (including phenoxy) is 1. The number of aromatic nitrogens is 2. The standard InChI is InChI=1S/C22H25N3O3S/c26-20(25-27)14-7-2-1-3-8-15-28-19-13-9-12-18(16-19)22-24-23-21(29-22)17-10-5-4-6-11-17/h4-6,9-13,16,27H,1-3,7-8,14-15H2,(H,25,26). The average Bonchev–Trinajstić information content (AvgIpc) is 3.26. The first kappa shape index (κ1) is 21.0. The SMILES string of the molecule is O=C(CCCCCCCOc1cccc(-c2nnc(-c3ccccc3)s2)c1)NO. The van der Waals surface area contributed by atoms with Crippen LogP contribution in [0.1, 0.15) is 38.5 Å². The van der Waals surface area contributed by atoms with Gasteiger partial charge in [0.25, 0.3) is 0 Å². The summed E-state index contributed by atoms with van der Waals surface area (Å²) in [6, 6.07) is 18.0. The summed E-state index contributed by atoms with van der Waals surface area (Å²) in [7, 11) is 0. The van der Waals surface area contributed by atoms with Crippen molar-refractivity contribution in [3.05, 3.63) is 54.6 Å². The average molecular weight is 412 g/mol. The maximum Gasteiger partial charge on any atom is 0.243 e. The molecular weight excluding hydrogens is 386 g/mol. The number of hydrogen-bond donors (Lipinski definition) is 2. The van der Waals surface area contributed by atoms with Crippen LogP contribution in [0.5, 0.6) is 5.75 Å². The second-order valence-corrected chi connectivity index (χ2v) is 7.68. The Kier molecular flexibility index (Phi) is 8.15. The molecule has 0 spiro atoms. The Morgan fingerprint density at radius 2 is 1.59 bits per heavy atom. The largest absolute Gasteiger partial charge is 0.494 e. The fraction of sp³-hybridized carbons (Fsp3) is 0.318. The number of amides is 1. The lowest BCUT2D eigenvalue weighted by Crippen LogP contribution is -2.17. The topological polar surface area (TPSA) is 84.3 Å². The van der Waals surface area contributed by atoms with Gasteiger partial charge in [-0.3, -0.25) is 10.0 Å². The number of rotatable bonds is 11. The molecule has 0 aliphatic heterocycles. The van der Waals surface area contributed by atoms with Gasteiger partial charge in [0.2, 0.25) is 5.91 Å². The van der Waals surface area contributed by atoms with Crippen molar-refractivity contribution < 1.29 is 14.7 Å². The summed E-state index contributed by atoms with van der Waals surface area (Å²) in [4.78, 5) is 10.9. The van der Waals surface area contributed by atoms with Gasteiger partial charge in [-0.05, 0) is 25.0 Å². The van der Waals surface area contributed by atoms with E-state index in [1.165, 1.54) is 0 Å². The van der Waals surface area contributed by atoms with E-state index in [0.717, 1.165) is 59.0 Å². The van der Waals surface area contributed by atoms with Gasteiger partial charge in [-0.25, -0.2) is 5.48 Å². The summed E-state index contributed by atoms with van der Waals surface area (Å²) in [5.74, 6) is 0.512. The molecule has 0 unspecified atom stereocenters. The third-order valence-corrected chi connectivity index (χ3v) is 5.49. The molecule has 29 heavy (non-hydrogen) atoms.